The van der Waals surface area contributed by atoms with Crippen LogP contribution in [0, 0.1) is 24.4 Å². The second-order valence-electron chi connectivity index (χ2n) is 28.0. The monoisotopic (exact) mass is 1540 g/mol. The summed E-state index contributed by atoms with van der Waals surface area (Å²) < 4.78 is 44.1. The van der Waals surface area contributed by atoms with Crippen LogP contribution in [0.25, 0.3) is 33.8 Å². The largest absolute Gasteiger partial charge is 0.349 e. The molecule has 0 bridgehead atoms. The molecule has 6 aliphatic heterocycles. The highest BCUT2D eigenvalue weighted by Crippen LogP contribution is 2.46. The molecular formula is C81H86Cl4F3N17O3. The highest BCUT2D eigenvalue weighted by Gasteiger charge is 2.42. The van der Waals surface area contributed by atoms with Crippen LogP contribution in [0.1, 0.15) is 103 Å². The number of piperazine rings is 3. The zero-order valence-corrected chi connectivity index (χ0v) is 65.5. The molecule has 6 unspecified atom stereocenters. The molecule has 0 aliphatic carbocycles. The number of halogens is 7. The SMILES string of the molecule is C=CC(=O)N1CC(C)N(C2=NC(=C)N(C(C)C)c3nc(-c4ccccc4F)c(Cl)cc32)CC1C.C=CC(=O)N1CC(C)N(C2=NC(=C)N(C)c3nc(-c4ccccc4F)c(Cl)cc32)CC1C.C=CC(=O)N1CC(C)N(C2=NC(=C)N(c3c(C)nc(Cl)nc3C(C)C)c3nc(-c4ccccc4F)c(Cl)cc32)CC1C. The average molecular weight is 1540 g/mol. The molecule has 27 heteroatoms. The zero-order valence-electron chi connectivity index (χ0n) is 62.5. The number of anilines is 4. The average Bonchev–Trinajstić information content (AvgIpc) is 0.758. The maximum Gasteiger partial charge on any atom is 0.246 e. The van der Waals surface area contributed by atoms with Gasteiger partial charge < -0.3 is 39.2 Å². The number of hydrogen-bond acceptors (Lipinski definition) is 17. The van der Waals surface area contributed by atoms with Gasteiger partial charge in [-0.25, -0.2) is 53.1 Å². The molecule has 0 N–H and O–H groups in total. The molecule has 3 saturated heterocycles. The predicted octanol–water partition coefficient (Wildman–Crippen LogP) is 16.3. The highest BCUT2D eigenvalue weighted by molar-refractivity contribution is 6.35. The van der Waals surface area contributed by atoms with Gasteiger partial charge in [-0.15, -0.1) is 0 Å². The summed E-state index contributed by atoms with van der Waals surface area (Å²) in [6.07, 6.45) is 4.03. The van der Waals surface area contributed by atoms with E-state index in [1.54, 1.807) is 81.4 Å². The molecule has 108 heavy (non-hydrogen) atoms. The molecule has 10 heterocycles. The molecule has 7 aromatic rings. The van der Waals surface area contributed by atoms with Crippen molar-refractivity contribution in [2.75, 3.05) is 61.0 Å². The lowest BCUT2D eigenvalue weighted by Gasteiger charge is -2.46. The van der Waals surface area contributed by atoms with E-state index in [-0.39, 0.29) is 93.3 Å². The van der Waals surface area contributed by atoms with E-state index in [9.17, 15) is 23.2 Å². The Balaban J connectivity index is 0.000000163. The van der Waals surface area contributed by atoms with Crippen LogP contribution in [0.5, 0.6) is 0 Å². The first kappa shape index (κ1) is 78.9. The van der Waals surface area contributed by atoms with E-state index in [0.717, 1.165) is 11.1 Å². The van der Waals surface area contributed by atoms with Gasteiger partial charge in [0.15, 0.2) is 5.82 Å². The Kier molecular flexibility index (Phi) is 23.6. The van der Waals surface area contributed by atoms with Gasteiger partial charge in [-0.1, -0.05) is 125 Å². The molecule has 562 valence electrons. The molecule has 0 spiro atoms. The van der Waals surface area contributed by atoms with E-state index in [1.807, 2.05) is 97.1 Å². The summed E-state index contributed by atoms with van der Waals surface area (Å²) in [5.41, 5.74) is 6.08. The molecule has 6 atom stereocenters. The highest BCUT2D eigenvalue weighted by atomic mass is 35.5. The van der Waals surface area contributed by atoms with E-state index < -0.39 is 11.6 Å². The predicted molar refractivity (Wildman–Crippen MR) is 428 cm³/mol. The molecule has 6 aliphatic rings. The van der Waals surface area contributed by atoms with Gasteiger partial charge in [-0.2, -0.15) is 0 Å². The molecule has 3 amide bonds. The number of nitrogens with zero attached hydrogens (tertiary/aromatic N) is 17. The fraction of sp³-hybridized carbons (Fsp3) is 0.321. The fourth-order valence-corrected chi connectivity index (χ4v) is 15.3. The summed E-state index contributed by atoms with van der Waals surface area (Å²) in [6.45, 7) is 48.7. The van der Waals surface area contributed by atoms with Gasteiger partial charge in [-0.05, 0) is 153 Å². The Labute approximate surface area is 648 Å². The third-order valence-corrected chi connectivity index (χ3v) is 20.9. The Hall–Kier alpha value is -10.2. The first-order valence-corrected chi connectivity index (χ1v) is 37.0. The van der Waals surface area contributed by atoms with Crippen molar-refractivity contribution < 1.29 is 27.6 Å². The normalized spacial score (nSPS) is 19.8. The summed E-state index contributed by atoms with van der Waals surface area (Å²) in [4.78, 5) is 92.5. The lowest BCUT2D eigenvalue weighted by molar-refractivity contribution is -0.131. The number of hydrogen-bond donors (Lipinski definition) is 0. The van der Waals surface area contributed by atoms with Gasteiger partial charge in [0.1, 0.15) is 64.1 Å². The molecule has 0 saturated carbocycles. The Bertz CT molecular complexity index is 4930. The van der Waals surface area contributed by atoms with Crippen LogP contribution < -0.4 is 14.7 Å². The number of carbonyl (C=O) groups is 3. The summed E-state index contributed by atoms with van der Waals surface area (Å²) in [5, 5.41) is 1.09. The summed E-state index contributed by atoms with van der Waals surface area (Å²) >= 11 is 26.4. The number of carbonyl (C=O) groups excluding carboxylic acids is 3. The summed E-state index contributed by atoms with van der Waals surface area (Å²) in [6, 6.07) is 24.4. The van der Waals surface area contributed by atoms with Crippen molar-refractivity contribution in [3.63, 3.8) is 0 Å². The molecule has 0 radical (unpaired) electrons. The minimum Gasteiger partial charge on any atom is -0.349 e. The minimum atomic E-state index is -0.443. The number of rotatable bonds is 9. The standard InChI is InChI=1S/C31H32Cl2FN7O.C26H29ClFN5O.C24H25ClFN5O/c1-8-25(42)39-14-18(5)40(15-17(39)4)29-22-13-23(32)27(21-11-9-10-12-24(21)34)37-30(22)41(20(7)36-29)28-19(6)35-31(33)38-26(28)16(2)3;1-7-23(34)31-13-17(5)32(14-16(31)4)25-20-12-21(27)24(19-10-8-9-11-22(19)28)30-26(20)33(15(2)3)18(6)29-25;1-6-21(32)30-12-15(3)31(13-14(30)2)24-18-11-19(25)22(17-9-7-8-10-20(17)26)28-23(18)29(5)16(4)27-24/h8-13,16-18H,1,7,14-15H2,2-6H3;7-12,15-17H,1,6,13-14H2,2-5H3;6-11,14-15H,1,4,12-13H2,2-3,5H3. The van der Waals surface area contributed by atoms with E-state index in [0.29, 0.717) is 147 Å². The van der Waals surface area contributed by atoms with Crippen LogP contribution >= 0.6 is 46.4 Å². The van der Waals surface area contributed by atoms with E-state index >= 15 is 4.39 Å². The van der Waals surface area contributed by atoms with Gasteiger partial charge in [0.2, 0.25) is 23.0 Å². The van der Waals surface area contributed by atoms with Crippen molar-refractivity contribution in [1.29, 1.82) is 0 Å². The quantitative estimate of drug-likeness (QED) is 0.0983. The third kappa shape index (κ3) is 15.4. The Morgan fingerprint density at radius 2 is 0.806 bits per heavy atom. The molecule has 20 nitrogen and oxygen atoms in total. The van der Waals surface area contributed by atoms with Crippen LogP contribution in [0.4, 0.5) is 36.3 Å². The van der Waals surface area contributed by atoms with Crippen molar-refractivity contribution in [1.82, 2.24) is 54.3 Å². The van der Waals surface area contributed by atoms with E-state index in [4.69, 9.17) is 76.3 Å². The number of pyridine rings is 3. The Morgan fingerprint density at radius 1 is 0.463 bits per heavy atom. The van der Waals surface area contributed by atoms with Crippen molar-refractivity contribution in [2.24, 2.45) is 15.0 Å². The maximum absolute atomic E-state index is 15.0. The molecular weight excluding hydrogens is 1460 g/mol. The van der Waals surface area contributed by atoms with E-state index in [1.165, 1.54) is 36.4 Å². The van der Waals surface area contributed by atoms with Crippen LogP contribution in [0.2, 0.25) is 20.4 Å². The fourth-order valence-electron chi connectivity index (χ4n) is 14.4. The number of aryl methyl sites for hydroxylation is 1. The van der Waals surface area contributed by atoms with Crippen molar-refractivity contribution in [3.8, 4) is 33.8 Å². The molecule has 3 fully saturated rings. The number of benzene rings is 3. The van der Waals surface area contributed by atoms with Gasteiger partial charge in [-0.3, -0.25) is 19.3 Å². The van der Waals surface area contributed by atoms with Crippen molar-refractivity contribution in [3.05, 3.63) is 232 Å². The van der Waals surface area contributed by atoms with Crippen LogP contribution in [0.15, 0.2) is 181 Å². The van der Waals surface area contributed by atoms with Gasteiger partial charge in [0.25, 0.3) is 0 Å². The van der Waals surface area contributed by atoms with Crippen LogP contribution in [-0.4, -0.2) is 178 Å². The second-order valence-corrected chi connectivity index (χ2v) is 29.6. The zero-order chi connectivity index (χ0) is 78.3. The lowest BCUT2D eigenvalue weighted by atomic mass is 10.0. The van der Waals surface area contributed by atoms with Crippen LogP contribution in [0.3, 0.4) is 0 Å². The minimum absolute atomic E-state index is 0.00271. The lowest BCUT2D eigenvalue weighted by Crippen LogP contribution is -2.60. The van der Waals surface area contributed by atoms with Gasteiger partial charge in [0, 0.05) is 105 Å². The number of fused-ring (bicyclic) bond motifs is 3. The first-order chi connectivity index (χ1) is 51.3. The topological polar surface area (TPSA) is 182 Å². The van der Waals surface area contributed by atoms with Crippen molar-refractivity contribution in [2.45, 2.75) is 124 Å². The summed E-state index contributed by atoms with van der Waals surface area (Å²) in [7, 11) is 1.82. The number of aliphatic imine (C=N–C) groups is 3. The van der Waals surface area contributed by atoms with Gasteiger partial charge in [0.05, 0.1) is 65.9 Å². The number of aromatic nitrogens is 5. The Morgan fingerprint density at radius 3 is 1.18 bits per heavy atom. The maximum atomic E-state index is 15.0. The molecule has 3 aromatic carbocycles. The number of amidine groups is 3. The van der Waals surface area contributed by atoms with Gasteiger partial charge >= 0.3 is 0 Å². The molecule has 13 rings (SSSR count). The van der Waals surface area contributed by atoms with E-state index in [2.05, 4.69) is 71.1 Å². The smallest absolute Gasteiger partial charge is 0.246 e. The summed E-state index contributed by atoms with van der Waals surface area (Å²) in [5.74, 6) is 3.65. The van der Waals surface area contributed by atoms with Crippen LogP contribution in [-0.2, 0) is 14.4 Å². The van der Waals surface area contributed by atoms with Crippen molar-refractivity contribution >= 4 is 105 Å². The second kappa shape index (κ2) is 32.3. The first-order valence-electron chi connectivity index (χ1n) is 35.4. The number of amides is 3. The third-order valence-electron chi connectivity index (χ3n) is 19.9. The molecule has 4 aromatic heterocycles.